The van der Waals surface area contributed by atoms with Crippen LogP contribution in [0.1, 0.15) is 23.7 Å². The maximum absolute atomic E-state index is 13.5. The van der Waals surface area contributed by atoms with Gasteiger partial charge in [0.25, 0.3) is 0 Å². The zero-order valence-electron chi connectivity index (χ0n) is 16.5. The van der Waals surface area contributed by atoms with Crippen molar-refractivity contribution in [3.63, 3.8) is 0 Å². The number of hydrogen-bond donors (Lipinski definition) is 2. The third-order valence-corrected chi connectivity index (χ3v) is 4.89. The third kappa shape index (κ3) is 6.10. The molecule has 0 saturated carbocycles. The minimum atomic E-state index is -0.802. The van der Waals surface area contributed by atoms with Crippen LogP contribution in [0.2, 0.25) is 0 Å². The number of anilines is 1. The van der Waals surface area contributed by atoms with Gasteiger partial charge >= 0.3 is 11.8 Å². The van der Waals surface area contributed by atoms with Gasteiger partial charge in [-0.3, -0.25) is 14.5 Å². The number of aryl methyl sites for hydroxylation is 1. The van der Waals surface area contributed by atoms with E-state index >= 15 is 0 Å². The highest BCUT2D eigenvalue weighted by Crippen LogP contribution is 2.21. The van der Waals surface area contributed by atoms with Crippen molar-refractivity contribution in [3.05, 3.63) is 65.5 Å². The molecule has 3 rings (SSSR count). The summed E-state index contributed by atoms with van der Waals surface area (Å²) in [6.45, 7) is 5.14. The molecule has 0 aromatic heterocycles. The summed E-state index contributed by atoms with van der Waals surface area (Å²) < 4.78 is 19.4. The number of benzene rings is 2. The minimum absolute atomic E-state index is 0.0558. The van der Waals surface area contributed by atoms with E-state index in [-0.39, 0.29) is 11.8 Å². The molecule has 2 amide bonds. The molecule has 0 spiro atoms. The molecule has 1 aliphatic heterocycles. The van der Waals surface area contributed by atoms with E-state index < -0.39 is 17.6 Å². The second kappa shape index (κ2) is 10.1. The van der Waals surface area contributed by atoms with Gasteiger partial charge in [0.15, 0.2) is 0 Å². The van der Waals surface area contributed by atoms with E-state index in [1.54, 1.807) is 19.1 Å². The number of hydrogen-bond acceptors (Lipinski definition) is 4. The summed E-state index contributed by atoms with van der Waals surface area (Å²) in [5.41, 5.74) is 1.90. The normalized spacial score (nSPS) is 17.0. The Bertz CT molecular complexity index is 844. The van der Waals surface area contributed by atoms with Crippen molar-refractivity contribution in [3.8, 4) is 0 Å². The van der Waals surface area contributed by atoms with Crippen molar-refractivity contribution in [2.45, 2.75) is 19.4 Å². The van der Waals surface area contributed by atoms with Crippen LogP contribution < -0.4 is 10.6 Å². The van der Waals surface area contributed by atoms with Crippen molar-refractivity contribution >= 4 is 17.5 Å². The summed E-state index contributed by atoms with van der Waals surface area (Å²) in [5.74, 6) is -1.96. The van der Waals surface area contributed by atoms with Gasteiger partial charge in [-0.05, 0) is 36.6 Å². The maximum Gasteiger partial charge on any atom is 0.313 e. The molecular weight excluding hydrogens is 373 g/mol. The number of rotatable bonds is 6. The van der Waals surface area contributed by atoms with Crippen LogP contribution in [0.15, 0.2) is 48.5 Å². The van der Waals surface area contributed by atoms with E-state index in [1.165, 1.54) is 6.07 Å². The van der Waals surface area contributed by atoms with Crippen molar-refractivity contribution in [2.24, 2.45) is 0 Å². The van der Waals surface area contributed by atoms with E-state index in [0.29, 0.717) is 18.7 Å². The highest BCUT2D eigenvalue weighted by molar-refractivity contribution is 6.39. The molecule has 1 heterocycles. The van der Waals surface area contributed by atoms with Crippen LogP contribution in [0, 0.1) is 12.7 Å². The van der Waals surface area contributed by atoms with Crippen LogP contribution in [0.3, 0.4) is 0 Å². The van der Waals surface area contributed by atoms with Gasteiger partial charge in [0, 0.05) is 31.9 Å². The van der Waals surface area contributed by atoms with E-state index in [0.717, 1.165) is 31.6 Å². The Labute approximate surface area is 170 Å². The highest BCUT2D eigenvalue weighted by Gasteiger charge is 2.21. The van der Waals surface area contributed by atoms with E-state index in [2.05, 4.69) is 27.7 Å². The molecule has 0 bridgehead atoms. The van der Waals surface area contributed by atoms with Crippen LogP contribution in [0.5, 0.6) is 0 Å². The lowest BCUT2D eigenvalue weighted by Crippen LogP contribution is -2.41. The number of nitrogens with zero attached hydrogens (tertiary/aromatic N) is 1. The average molecular weight is 399 g/mol. The first-order valence-electron chi connectivity index (χ1n) is 9.77. The topological polar surface area (TPSA) is 70.7 Å². The van der Waals surface area contributed by atoms with Gasteiger partial charge < -0.3 is 15.4 Å². The van der Waals surface area contributed by atoms with Gasteiger partial charge in [0.1, 0.15) is 5.82 Å². The quantitative estimate of drug-likeness (QED) is 0.579. The molecule has 154 valence electrons. The molecule has 2 N–H and O–H groups in total. The Hall–Kier alpha value is -2.77. The van der Waals surface area contributed by atoms with Gasteiger partial charge in [-0.1, -0.05) is 36.4 Å². The first-order valence-corrected chi connectivity index (χ1v) is 9.77. The number of carbonyl (C=O) groups is 2. The Morgan fingerprint density at radius 3 is 2.72 bits per heavy atom. The van der Waals surface area contributed by atoms with E-state index in [4.69, 9.17) is 4.74 Å². The van der Waals surface area contributed by atoms with Crippen LogP contribution in [0.25, 0.3) is 0 Å². The fourth-order valence-electron chi connectivity index (χ4n) is 3.22. The Kier molecular flexibility index (Phi) is 7.32. The number of amides is 2. The van der Waals surface area contributed by atoms with Crippen LogP contribution in [0.4, 0.5) is 10.1 Å². The lowest BCUT2D eigenvalue weighted by atomic mass is 10.1. The van der Waals surface area contributed by atoms with Gasteiger partial charge in [-0.2, -0.15) is 0 Å². The zero-order valence-corrected chi connectivity index (χ0v) is 16.5. The summed E-state index contributed by atoms with van der Waals surface area (Å²) in [5, 5.41) is 5.01. The first kappa shape index (κ1) is 21.0. The van der Waals surface area contributed by atoms with Gasteiger partial charge in [-0.25, -0.2) is 4.39 Å². The first-order chi connectivity index (χ1) is 14.0. The standard InChI is InChI=1S/C22H26FN3O3/c1-16-8-9-18(14-19(16)23)25-22(28)21(27)24-10-5-11-26-12-13-29-20(15-26)17-6-3-2-4-7-17/h2-4,6-9,14,20H,5,10-13,15H2,1H3,(H,24,27)(H,25,28)/t20-/m0/s1. The number of nitrogens with one attached hydrogen (secondary N) is 2. The van der Waals surface area contributed by atoms with Crippen molar-refractivity contribution in [2.75, 3.05) is 38.1 Å². The fourth-order valence-corrected chi connectivity index (χ4v) is 3.22. The van der Waals surface area contributed by atoms with Crippen LogP contribution >= 0.6 is 0 Å². The predicted octanol–water partition coefficient (Wildman–Crippen LogP) is 2.65. The molecule has 1 fully saturated rings. The SMILES string of the molecule is Cc1ccc(NC(=O)C(=O)NCCCN2CCO[C@H](c3ccccc3)C2)cc1F. The van der Waals surface area contributed by atoms with Crippen molar-refractivity contribution in [1.29, 1.82) is 0 Å². The molecule has 0 aliphatic carbocycles. The van der Waals surface area contributed by atoms with Crippen LogP contribution in [-0.4, -0.2) is 49.5 Å². The second-order valence-corrected chi connectivity index (χ2v) is 7.10. The summed E-state index contributed by atoms with van der Waals surface area (Å²) >= 11 is 0. The molecule has 1 atom stereocenters. The van der Waals surface area contributed by atoms with Crippen molar-refractivity contribution < 1.29 is 18.7 Å². The summed E-state index contributed by atoms with van der Waals surface area (Å²) in [7, 11) is 0. The number of morpholine rings is 1. The van der Waals surface area contributed by atoms with Gasteiger partial charge in [0.05, 0.1) is 12.7 Å². The molecule has 2 aromatic rings. The molecule has 2 aromatic carbocycles. The lowest BCUT2D eigenvalue weighted by molar-refractivity contribution is -0.136. The van der Waals surface area contributed by atoms with E-state index in [9.17, 15) is 14.0 Å². The predicted molar refractivity (Wildman–Crippen MR) is 109 cm³/mol. The second-order valence-electron chi connectivity index (χ2n) is 7.10. The molecule has 0 radical (unpaired) electrons. The Morgan fingerprint density at radius 2 is 1.97 bits per heavy atom. The summed E-state index contributed by atoms with van der Waals surface area (Å²) in [4.78, 5) is 26.2. The maximum atomic E-state index is 13.5. The lowest BCUT2D eigenvalue weighted by Gasteiger charge is -2.33. The molecule has 1 saturated heterocycles. The largest absolute Gasteiger partial charge is 0.371 e. The molecular formula is C22H26FN3O3. The summed E-state index contributed by atoms with van der Waals surface area (Å²) in [6.07, 6.45) is 0.778. The Morgan fingerprint density at radius 1 is 1.17 bits per heavy atom. The number of carbonyl (C=O) groups excluding carboxylic acids is 2. The Balaban J connectivity index is 1.37. The third-order valence-electron chi connectivity index (χ3n) is 4.89. The molecule has 29 heavy (non-hydrogen) atoms. The highest BCUT2D eigenvalue weighted by atomic mass is 19.1. The molecule has 6 nitrogen and oxygen atoms in total. The zero-order chi connectivity index (χ0) is 20.6. The van der Waals surface area contributed by atoms with Crippen molar-refractivity contribution in [1.82, 2.24) is 10.2 Å². The number of ether oxygens (including phenoxy) is 1. The number of halogens is 1. The molecule has 7 heteroatoms. The average Bonchev–Trinajstić information content (AvgIpc) is 2.74. The van der Waals surface area contributed by atoms with Gasteiger partial charge in [-0.15, -0.1) is 0 Å². The molecule has 1 aliphatic rings. The summed E-state index contributed by atoms with van der Waals surface area (Å²) in [6, 6.07) is 14.4. The van der Waals surface area contributed by atoms with Gasteiger partial charge in [0.2, 0.25) is 0 Å². The smallest absolute Gasteiger partial charge is 0.313 e. The minimum Gasteiger partial charge on any atom is -0.371 e. The molecule has 0 unspecified atom stereocenters. The fraction of sp³-hybridized carbons (Fsp3) is 0.364. The monoisotopic (exact) mass is 399 g/mol. The van der Waals surface area contributed by atoms with E-state index in [1.807, 2.05) is 18.2 Å². The van der Waals surface area contributed by atoms with Crippen LogP contribution in [-0.2, 0) is 14.3 Å².